The van der Waals surface area contributed by atoms with Crippen molar-refractivity contribution in [2.24, 2.45) is 21.6 Å². The van der Waals surface area contributed by atoms with E-state index in [1.807, 2.05) is 19.9 Å². The molecule has 7 nitrogen and oxygen atoms in total. The van der Waals surface area contributed by atoms with Gasteiger partial charge < -0.3 is 20.7 Å². The highest BCUT2D eigenvalue weighted by atomic mass is 16.5. The summed E-state index contributed by atoms with van der Waals surface area (Å²) in [5.74, 6) is 2.86. The number of nitrogens with one attached hydrogen (secondary N) is 1. The molecule has 170 valence electrons. The number of rotatable bonds is 9. The van der Waals surface area contributed by atoms with E-state index in [0.717, 1.165) is 30.9 Å². The van der Waals surface area contributed by atoms with Crippen LogP contribution in [0.25, 0.3) is 5.57 Å². The molecule has 1 saturated heterocycles. The van der Waals surface area contributed by atoms with Crippen LogP contribution in [0.5, 0.6) is 5.75 Å². The van der Waals surface area contributed by atoms with Crippen LogP contribution >= 0.6 is 0 Å². The second-order valence-corrected chi connectivity index (χ2v) is 7.54. The third-order valence-electron chi connectivity index (χ3n) is 5.17. The summed E-state index contributed by atoms with van der Waals surface area (Å²) in [7, 11) is 1.68. The molecule has 1 aliphatic rings. The molecule has 0 saturated carbocycles. The number of pyridine rings is 1. The van der Waals surface area contributed by atoms with Gasteiger partial charge >= 0.3 is 0 Å². The second kappa shape index (κ2) is 11.7. The van der Waals surface area contributed by atoms with Gasteiger partial charge in [0.25, 0.3) is 0 Å². The molecule has 0 radical (unpaired) electrons. The molecule has 3 N–H and O–H groups in total. The molecule has 1 unspecified atom stereocenters. The van der Waals surface area contributed by atoms with E-state index in [9.17, 15) is 0 Å². The minimum Gasteiger partial charge on any atom is -0.456 e. The molecule has 1 fully saturated rings. The van der Waals surface area contributed by atoms with Gasteiger partial charge in [0.1, 0.15) is 23.2 Å². The molecule has 32 heavy (non-hydrogen) atoms. The van der Waals surface area contributed by atoms with Gasteiger partial charge in [0.15, 0.2) is 0 Å². The van der Waals surface area contributed by atoms with Gasteiger partial charge in [0, 0.05) is 49.5 Å². The van der Waals surface area contributed by atoms with Gasteiger partial charge in [-0.2, -0.15) is 0 Å². The number of likely N-dealkylation sites (tertiary alicyclic amines) is 1. The summed E-state index contributed by atoms with van der Waals surface area (Å²) in [4.78, 5) is 15.0. The third kappa shape index (κ3) is 6.44. The summed E-state index contributed by atoms with van der Waals surface area (Å²) in [6, 6.07) is 3.57. The molecule has 1 aromatic rings. The van der Waals surface area contributed by atoms with Crippen molar-refractivity contribution in [2.75, 3.05) is 13.6 Å². The van der Waals surface area contributed by atoms with Gasteiger partial charge in [-0.25, -0.2) is 4.99 Å². The Balaban J connectivity index is 2.09. The van der Waals surface area contributed by atoms with Crippen LogP contribution in [-0.4, -0.2) is 35.4 Å². The van der Waals surface area contributed by atoms with Crippen LogP contribution in [-0.2, 0) is 0 Å². The number of ether oxygens (including phenoxy) is 1. The monoisotopic (exact) mass is 434 g/mol. The maximum atomic E-state index is 6.05. The Bertz CT molecular complexity index is 986. The van der Waals surface area contributed by atoms with E-state index in [0.29, 0.717) is 40.2 Å². The molecule has 0 amide bonds. The Hall–Kier alpha value is -3.61. The van der Waals surface area contributed by atoms with Crippen molar-refractivity contribution in [3.05, 3.63) is 79.1 Å². The molecular formula is C25H34N6O. The first-order chi connectivity index (χ1) is 15.3. The Morgan fingerprint density at radius 3 is 2.81 bits per heavy atom. The zero-order valence-electron chi connectivity index (χ0n) is 19.6. The molecule has 2 rings (SSSR count). The van der Waals surface area contributed by atoms with Crippen LogP contribution in [0.1, 0.15) is 39.3 Å². The summed E-state index contributed by atoms with van der Waals surface area (Å²) in [5.41, 5.74) is 8.79. The van der Waals surface area contributed by atoms with Crippen molar-refractivity contribution in [1.82, 2.24) is 15.2 Å². The maximum absolute atomic E-state index is 6.05. The Labute approximate surface area is 191 Å². The molecule has 0 aromatic carbocycles. The number of nitrogens with zero attached hydrogens (tertiary/aromatic N) is 4. The van der Waals surface area contributed by atoms with Gasteiger partial charge in [-0.15, -0.1) is 0 Å². The van der Waals surface area contributed by atoms with Crippen molar-refractivity contribution in [1.29, 1.82) is 0 Å². The lowest BCUT2D eigenvalue weighted by Crippen LogP contribution is -2.35. The smallest absolute Gasteiger partial charge is 0.144 e. The lowest BCUT2D eigenvalue weighted by atomic mass is 9.97. The zero-order chi connectivity index (χ0) is 23.7. The molecule has 0 bridgehead atoms. The van der Waals surface area contributed by atoms with Gasteiger partial charge in [-0.05, 0) is 44.7 Å². The van der Waals surface area contributed by atoms with E-state index in [-0.39, 0.29) is 0 Å². The van der Waals surface area contributed by atoms with Crippen molar-refractivity contribution < 1.29 is 4.74 Å². The number of nitrogens with two attached hydrogens (primary N) is 1. The number of allylic oxidation sites excluding steroid dienone is 4. The van der Waals surface area contributed by atoms with E-state index in [1.165, 1.54) is 6.20 Å². The Morgan fingerprint density at radius 1 is 1.41 bits per heavy atom. The fourth-order valence-electron chi connectivity index (χ4n) is 3.39. The second-order valence-electron chi connectivity index (χ2n) is 7.54. The van der Waals surface area contributed by atoms with Crippen molar-refractivity contribution >= 4 is 17.5 Å². The van der Waals surface area contributed by atoms with Gasteiger partial charge in [-0.1, -0.05) is 26.7 Å². The largest absolute Gasteiger partial charge is 0.456 e. The number of aromatic nitrogens is 1. The predicted octanol–water partition coefficient (Wildman–Crippen LogP) is 4.60. The summed E-state index contributed by atoms with van der Waals surface area (Å²) < 4.78 is 6.05. The van der Waals surface area contributed by atoms with Crippen molar-refractivity contribution in [3.8, 4) is 5.75 Å². The van der Waals surface area contributed by atoms with Crippen LogP contribution < -0.4 is 15.8 Å². The summed E-state index contributed by atoms with van der Waals surface area (Å²) in [5, 5.41) is 3.18. The molecule has 0 spiro atoms. The first kappa shape index (κ1) is 24.7. The van der Waals surface area contributed by atoms with E-state index >= 15 is 0 Å². The summed E-state index contributed by atoms with van der Waals surface area (Å²) in [6.45, 7) is 19.2. The van der Waals surface area contributed by atoms with Crippen LogP contribution in [0, 0.1) is 5.92 Å². The quantitative estimate of drug-likeness (QED) is 0.438. The Kier molecular flexibility index (Phi) is 9.01. The normalized spacial score (nSPS) is 18.1. The number of piperidine rings is 1. The van der Waals surface area contributed by atoms with Crippen LogP contribution in [0.2, 0.25) is 0 Å². The molecule has 1 atom stereocenters. The molecule has 1 aromatic heterocycles. The maximum Gasteiger partial charge on any atom is 0.144 e. The molecule has 0 aliphatic carbocycles. The lowest BCUT2D eigenvalue weighted by molar-refractivity contribution is 0.291. The van der Waals surface area contributed by atoms with Crippen LogP contribution in [0.4, 0.5) is 0 Å². The molecule has 1 aliphatic heterocycles. The summed E-state index contributed by atoms with van der Waals surface area (Å²) in [6.07, 6.45) is 8.87. The molecule has 2 heterocycles. The van der Waals surface area contributed by atoms with Crippen molar-refractivity contribution in [2.45, 2.75) is 33.6 Å². The number of hydrogen-bond donors (Lipinski definition) is 2. The number of hydrogen-bond acceptors (Lipinski definition) is 7. The molecular weight excluding hydrogens is 400 g/mol. The van der Waals surface area contributed by atoms with E-state index in [4.69, 9.17) is 10.5 Å². The van der Waals surface area contributed by atoms with E-state index < -0.39 is 0 Å². The predicted molar refractivity (Wildman–Crippen MR) is 134 cm³/mol. The van der Waals surface area contributed by atoms with E-state index in [1.54, 1.807) is 31.6 Å². The first-order valence-electron chi connectivity index (χ1n) is 10.6. The van der Waals surface area contributed by atoms with Gasteiger partial charge in [0.05, 0.1) is 11.4 Å². The first-order valence-corrected chi connectivity index (χ1v) is 10.6. The van der Waals surface area contributed by atoms with Crippen LogP contribution in [0.15, 0.2) is 83.4 Å². The highest BCUT2D eigenvalue weighted by Gasteiger charge is 2.21. The lowest BCUT2D eigenvalue weighted by Gasteiger charge is -2.36. The summed E-state index contributed by atoms with van der Waals surface area (Å²) >= 11 is 0. The standard InChI is InChI=1S/C25H34N6O/c1-8-25(32-23-11-12-28-24(14-23)22(15-26)16-27-7)18(3)29-20(5)30-21(6)31-13-9-10-17(2)19(31)4/h8,11-12,14-17,30H,4-6,9-10,13,26H2,1-3,7H3/b22-15?,25-8+,27-16?,29-18?. The van der Waals surface area contributed by atoms with Gasteiger partial charge in [0.2, 0.25) is 0 Å². The Morgan fingerprint density at radius 2 is 2.16 bits per heavy atom. The average molecular weight is 435 g/mol. The average Bonchev–Trinajstić information content (AvgIpc) is 2.77. The highest BCUT2D eigenvalue weighted by Crippen LogP contribution is 2.27. The van der Waals surface area contributed by atoms with Crippen molar-refractivity contribution in [3.63, 3.8) is 0 Å². The zero-order valence-corrected chi connectivity index (χ0v) is 19.6. The minimum absolute atomic E-state index is 0.437. The SMILES string of the molecule is C=C(N=C(C)/C(=C\C)Oc1ccnc(C(C=NC)=CN)c1)NC(=C)N1CCCC(C)C1=C. The third-order valence-corrected chi connectivity index (χ3v) is 5.17. The fraction of sp³-hybridized carbons (Fsp3) is 0.320. The minimum atomic E-state index is 0.437. The number of aliphatic imine (C=N–C) groups is 2. The van der Waals surface area contributed by atoms with Gasteiger partial charge in [-0.3, -0.25) is 9.98 Å². The highest BCUT2D eigenvalue weighted by molar-refractivity contribution is 6.08. The fourth-order valence-corrected chi connectivity index (χ4v) is 3.39. The van der Waals surface area contributed by atoms with E-state index in [2.05, 4.69) is 51.8 Å². The molecule has 7 heteroatoms. The van der Waals surface area contributed by atoms with Crippen LogP contribution in [0.3, 0.4) is 0 Å². The topological polar surface area (TPSA) is 88.1 Å².